The molecule has 21 heavy (non-hydrogen) atoms. The second-order valence-corrected chi connectivity index (χ2v) is 5.61. The SMILES string of the molecule is CCc1nc(C2CCOCC2)c(N)n1Cc1ccccc1. The molecule has 1 fully saturated rings. The molecule has 2 heterocycles. The maximum Gasteiger partial charge on any atom is 0.127 e. The highest BCUT2D eigenvalue weighted by Crippen LogP contribution is 2.31. The quantitative estimate of drug-likeness (QED) is 0.939. The minimum Gasteiger partial charge on any atom is -0.384 e. The smallest absolute Gasteiger partial charge is 0.127 e. The van der Waals surface area contributed by atoms with E-state index in [4.69, 9.17) is 15.5 Å². The van der Waals surface area contributed by atoms with Crippen molar-refractivity contribution in [2.24, 2.45) is 0 Å². The summed E-state index contributed by atoms with van der Waals surface area (Å²) in [6.45, 7) is 4.57. The zero-order valence-electron chi connectivity index (χ0n) is 12.6. The molecule has 1 aliphatic rings. The van der Waals surface area contributed by atoms with Crippen LogP contribution in [0.25, 0.3) is 0 Å². The number of nitrogen functional groups attached to an aromatic ring is 1. The first-order valence-electron chi connectivity index (χ1n) is 7.76. The number of anilines is 1. The Bertz CT molecular complexity index is 586. The lowest BCUT2D eigenvalue weighted by molar-refractivity contribution is 0.0847. The van der Waals surface area contributed by atoms with Crippen molar-refractivity contribution in [3.05, 3.63) is 47.4 Å². The number of ether oxygens (including phenoxy) is 1. The van der Waals surface area contributed by atoms with Gasteiger partial charge in [0.25, 0.3) is 0 Å². The van der Waals surface area contributed by atoms with Crippen LogP contribution >= 0.6 is 0 Å². The third-order valence-corrected chi connectivity index (χ3v) is 4.22. The number of aryl methyl sites for hydroxylation is 1. The van der Waals surface area contributed by atoms with Crippen molar-refractivity contribution in [2.45, 2.75) is 38.6 Å². The van der Waals surface area contributed by atoms with Gasteiger partial charge in [-0.05, 0) is 18.4 Å². The van der Waals surface area contributed by atoms with E-state index < -0.39 is 0 Å². The van der Waals surface area contributed by atoms with Crippen LogP contribution in [0.5, 0.6) is 0 Å². The van der Waals surface area contributed by atoms with E-state index in [2.05, 4.69) is 35.8 Å². The molecule has 2 N–H and O–H groups in total. The number of rotatable bonds is 4. The Labute approximate surface area is 125 Å². The molecule has 3 rings (SSSR count). The number of benzene rings is 1. The fourth-order valence-corrected chi connectivity index (χ4v) is 3.02. The zero-order chi connectivity index (χ0) is 14.7. The molecule has 0 unspecified atom stereocenters. The summed E-state index contributed by atoms with van der Waals surface area (Å²) in [6.07, 6.45) is 2.95. The van der Waals surface area contributed by atoms with Gasteiger partial charge in [-0.15, -0.1) is 0 Å². The van der Waals surface area contributed by atoms with Crippen LogP contribution in [0.15, 0.2) is 30.3 Å². The predicted molar refractivity (Wildman–Crippen MR) is 84.4 cm³/mol. The van der Waals surface area contributed by atoms with Gasteiger partial charge in [0.15, 0.2) is 0 Å². The van der Waals surface area contributed by atoms with Gasteiger partial charge in [0, 0.05) is 25.6 Å². The highest BCUT2D eigenvalue weighted by molar-refractivity contribution is 5.42. The highest BCUT2D eigenvalue weighted by atomic mass is 16.5. The minimum atomic E-state index is 0.445. The minimum absolute atomic E-state index is 0.445. The fraction of sp³-hybridized carbons (Fsp3) is 0.471. The molecule has 0 saturated carbocycles. The van der Waals surface area contributed by atoms with Crippen LogP contribution in [0.3, 0.4) is 0 Å². The van der Waals surface area contributed by atoms with Crippen molar-refractivity contribution in [1.82, 2.24) is 9.55 Å². The third kappa shape index (κ3) is 2.95. The van der Waals surface area contributed by atoms with Crippen molar-refractivity contribution in [3.63, 3.8) is 0 Å². The van der Waals surface area contributed by atoms with Gasteiger partial charge >= 0.3 is 0 Å². The molecule has 1 saturated heterocycles. The third-order valence-electron chi connectivity index (χ3n) is 4.22. The Morgan fingerprint density at radius 3 is 2.62 bits per heavy atom. The van der Waals surface area contributed by atoms with Crippen LogP contribution < -0.4 is 5.73 Å². The van der Waals surface area contributed by atoms with E-state index in [-0.39, 0.29) is 0 Å². The number of nitrogens with two attached hydrogens (primary N) is 1. The van der Waals surface area contributed by atoms with Crippen LogP contribution in [0.4, 0.5) is 5.82 Å². The number of imidazole rings is 1. The molecule has 0 radical (unpaired) electrons. The van der Waals surface area contributed by atoms with Gasteiger partial charge in [0.2, 0.25) is 0 Å². The summed E-state index contributed by atoms with van der Waals surface area (Å²) >= 11 is 0. The topological polar surface area (TPSA) is 53.1 Å². The number of nitrogens with zero attached hydrogens (tertiary/aromatic N) is 2. The monoisotopic (exact) mass is 285 g/mol. The molecule has 4 nitrogen and oxygen atoms in total. The van der Waals surface area contributed by atoms with E-state index in [1.54, 1.807) is 0 Å². The Hall–Kier alpha value is -1.81. The van der Waals surface area contributed by atoms with Gasteiger partial charge in [-0.25, -0.2) is 4.98 Å². The maximum absolute atomic E-state index is 6.42. The standard InChI is InChI=1S/C17H23N3O/c1-2-15-19-16(14-8-10-21-11-9-14)17(18)20(15)12-13-6-4-3-5-7-13/h3-7,14H,2,8-12,18H2,1H3. The van der Waals surface area contributed by atoms with E-state index in [1.165, 1.54) is 5.56 Å². The normalized spacial score (nSPS) is 16.2. The molecule has 1 aromatic heterocycles. The van der Waals surface area contributed by atoms with Crippen molar-refractivity contribution in [3.8, 4) is 0 Å². The first kappa shape index (κ1) is 14.1. The van der Waals surface area contributed by atoms with E-state index in [0.717, 1.165) is 56.4 Å². The fourth-order valence-electron chi connectivity index (χ4n) is 3.02. The summed E-state index contributed by atoms with van der Waals surface area (Å²) < 4.78 is 7.61. The number of hydrogen-bond acceptors (Lipinski definition) is 3. The van der Waals surface area contributed by atoms with Crippen LogP contribution in [-0.4, -0.2) is 22.8 Å². The lowest BCUT2D eigenvalue weighted by Crippen LogP contribution is -2.16. The summed E-state index contributed by atoms with van der Waals surface area (Å²) in [6, 6.07) is 10.4. The van der Waals surface area contributed by atoms with E-state index in [1.807, 2.05) is 6.07 Å². The highest BCUT2D eigenvalue weighted by Gasteiger charge is 2.24. The molecule has 1 aliphatic heterocycles. The molecular weight excluding hydrogens is 262 g/mol. The molecule has 0 amide bonds. The van der Waals surface area contributed by atoms with Crippen molar-refractivity contribution < 1.29 is 4.74 Å². The number of aromatic nitrogens is 2. The Balaban J connectivity index is 1.90. The largest absolute Gasteiger partial charge is 0.384 e. The Morgan fingerprint density at radius 1 is 1.24 bits per heavy atom. The molecule has 4 heteroatoms. The molecule has 0 atom stereocenters. The molecule has 0 aliphatic carbocycles. The van der Waals surface area contributed by atoms with Gasteiger partial charge in [0.1, 0.15) is 11.6 Å². The van der Waals surface area contributed by atoms with E-state index in [0.29, 0.717) is 5.92 Å². The van der Waals surface area contributed by atoms with E-state index in [9.17, 15) is 0 Å². The first-order valence-corrected chi connectivity index (χ1v) is 7.76. The van der Waals surface area contributed by atoms with Crippen LogP contribution in [-0.2, 0) is 17.7 Å². The van der Waals surface area contributed by atoms with Crippen LogP contribution in [0.2, 0.25) is 0 Å². The Kier molecular flexibility index (Phi) is 4.25. The average molecular weight is 285 g/mol. The maximum atomic E-state index is 6.42. The summed E-state index contributed by atoms with van der Waals surface area (Å²) in [5, 5.41) is 0. The molecular formula is C17H23N3O. The second kappa shape index (κ2) is 6.31. The van der Waals surface area contributed by atoms with E-state index >= 15 is 0 Å². The van der Waals surface area contributed by atoms with Gasteiger partial charge in [0.05, 0.1) is 12.2 Å². The molecule has 112 valence electrons. The van der Waals surface area contributed by atoms with Gasteiger partial charge in [-0.1, -0.05) is 37.3 Å². The molecule has 0 bridgehead atoms. The van der Waals surface area contributed by atoms with Crippen LogP contribution in [0.1, 0.15) is 42.8 Å². The van der Waals surface area contributed by atoms with Gasteiger partial charge < -0.3 is 15.0 Å². The summed E-state index contributed by atoms with van der Waals surface area (Å²) in [7, 11) is 0. The van der Waals surface area contributed by atoms with Crippen molar-refractivity contribution in [2.75, 3.05) is 18.9 Å². The zero-order valence-corrected chi connectivity index (χ0v) is 12.6. The second-order valence-electron chi connectivity index (χ2n) is 5.61. The molecule has 0 spiro atoms. The molecule has 2 aromatic rings. The predicted octanol–water partition coefficient (Wildman–Crippen LogP) is 2.97. The summed E-state index contributed by atoms with van der Waals surface area (Å²) in [5.74, 6) is 2.36. The lowest BCUT2D eigenvalue weighted by Gasteiger charge is -2.21. The number of hydrogen-bond donors (Lipinski definition) is 1. The summed E-state index contributed by atoms with van der Waals surface area (Å²) in [5.41, 5.74) is 8.75. The Morgan fingerprint density at radius 2 is 1.95 bits per heavy atom. The van der Waals surface area contributed by atoms with Crippen molar-refractivity contribution >= 4 is 5.82 Å². The molecule has 1 aromatic carbocycles. The lowest BCUT2D eigenvalue weighted by atomic mass is 9.96. The van der Waals surface area contributed by atoms with Crippen molar-refractivity contribution in [1.29, 1.82) is 0 Å². The summed E-state index contributed by atoms with van der Waals surface area (Å²) in [4.78, 5) is 4.83. The van der Waals surface area contributed by atoms with Gasteiger partial charge in [-0.2, -0.15) is 0 Å². The first-order chi connectivity index (χ1) is 10.3. The van der Waals surface area contributed by atoms with Crippen LogP contribution in [0, 0.1) is 0 Å². The average Bonchev–Trinajstić information content (AvgIpc) is 2.86. The van der Waals surface area contributed by atoms with Gasteiger partial charge in [-0.3, -0.25) is 0 Å².